The van der Waals surface area contributed by atoms with Crippen LogP contribution in [0, 0.1) is 5.92 Å². The molecular formula is C16H24N2O2. The molecular weight excluding hydrogens is 252 g/mol. The van der Waals surface area contributed by atoms with Gasteiger partial charge in [0.1, 0.15) is 5.75 Å². The van der Waals surface area contributed by atoms with Gasteiger partial charge in [-0.1, -0.05) is 12.1 Å². The summed E-state index contributed by atoms with van der Waals surface area (Å²) in [6.45, 7) is 6.51. The monoisotopic (exact) mass is 276 g/mol. The Labute approximate surface area is 120 Å². The van der Waals surface area contributed by atoms with Gasteiger partial charge in [-0.3, -0.25) is 4.79 Å². The molecule has 1 fully saturated rings. The molecule has 110 valence electrons. The Morgan fingerprint density at radius 3 is 2.90 bits per heavy atom. The van der Waals surface area contributed by atoms with E-state index in [2.05, 4.69) is 10.6 Å². The molecule has 1 aromatic carbocycles. The zero-order valence-corrected chi connectivity index (χ0v) is 12.3. The van der Waals surface area contributed by atoms with Crippen LogP contribution in [-0.2, 0) is 4.79 Å². The van der Waals surface area contributed by atoms with Crippen LogP contribution in [0.15, 0.2) is 24.3 Å². The molecule has 20 heavy (non-hydrogen) atoms. The minimum absolute atomic E-state index is 0.0118. The molecule has 4 nitrogen and oxygen atoms in total. The van der Waals surface area contributed by atoms with E-state index >= 15 is 0 Å². The highest BCUT2D eigenvalue weighted by Crippen LogP contribution is 2.20. The van der Waals surface area contributed by atoms with Crippen LogP contribution in [0.4, 0.5) is 0 Å². The van der Waals surface area contributed by atoms with Crippen LogP contribution in [0.5, 0.6) is 5.75 Å². The first-order valence-corrected chi connectivity index (χ1v) is 7.44. The van der Waals surface area contributed by atoms with E-state index in [0.29, 0.717) is 6.61 Å². The largest absolute Gasteiger partial charge is 0.494 e. The molecule has 1 heterocycles. The fourth-order valence-electron chi connectivity index (χ4n) is 2.54. The zero-order chi connectivity index (χ0) is 14.4. The van der Waals surface area contributed by atoms with E-state index in [-0.39, 0.29) is 17.9 Å². The molecule has 1 aromatic rings. The normalized spacial score (nSPS) is 17.5. The van der Waals surface area contributed by atoms with Gasteiger partial charge in [-0.2, -0.15) is 0 Å². The highest BCUT2D eigenvalue weighted by Gasteiger charge is 2.22. The number of amides is 1. The molecule has 2 rings (SSSR count). The zero-order valence-electron chi connectivity index (χ0n) is 12.3. The maximum atomic E-state index is 12.2. The topological polar surface area (TPSA) is 50.4 Å². The summed E-state index contributed by atoms with van der Waals surface area (Å²) in [4.78, 5) is 12.2. The highest BCUT2D eigenvalue weighted by atomic mass is 16.5. The summed E-state index contributed by atoms with van der Waals surface area (Å²) in [7, 11) is 0. The lowest BCUT2D eigenvalue weighted by molar-refractivity contribution is -0.126. The van der Waals surface area contributed by atoms with Crippen molar-refractivity contribution in [3.63, 3.8) is 0 Å². The predicted molar refractivity (Wildman–Crippen MR) is 79.8 cm³/mol. The number of hydrogen-bond donors (Lipinski definition) is 2. The second kappa shape index (κ2) is 7.29. The number of benzene rings is 1. The van der Waals surface area contributed by atoms with E-state index in [0.717, 1.165) is 37.2 Å². The number of hydrogen-bond acceptors (Lipinski definition) is 3. The molecule has 0 spiro atoms. The summed E-state index contributed by atoms with van der Waals surface area (Å²) in [5.74, 6) is 1.17. The average molecular weight is 276 g/mol. The molecule has 1 unspecified atom stereocenters. The Morgan fingerprint density at radius 1 is 1.45 bits per heavy atom. The summed E-state index contributed by atoms with van der Waals surface area (Å²) in [6.07, 6.45) is 1.86. The van der Waals surface area contributed by atoms with Crippen LogP contribution in [-0.4, -0.2) is 25.6 Å². The molecule has 1 aliphatic rings. The van der Waals surface area contributed by atoms with Crippen LogP contribution in [0.25, 0.3) is 0 Å². The molecule has 1 amide bonds. The molecule has 1 aliphatic heterocycles. The quantitative estimate of drug-likeness (QED) is 0.867. The first kappa shape index (κ1) is 14.9. The minimum Gasteiger partial charge on any atom is -0.494 e. The van der Waals surface area contributed by atoms with Gasteiger partial charge >= 0.3 is 0 Å². The third-order valence-corrected chi connectivity index (χ3v) is 3.74. The number of piperidine rings is 1. The maximum Gasteiger partial charge on any atom is 0.223 e. The molecule has 1 atom stereocenters. The van der Waals surface area contributed by atoms with Crippen molar-refractivity contribution in [3.05, 3.63) is 29.8 Å². The Kier molecular flexibility index (Phi) is 5.41. The summed E-state index contributed by atoms with van der Waals surface area (Å²) in [5, 5.41) is 6.39. The molecule has 0 aliphatic carbocycles. The fourth-order valence-corrected chi connectivity index (χ4v) is 2.54. The number of carbonyl (C=O) groups is 1. The van der Waals surface area contributed by atoms with Gasteiger partial charge in [-0.05, 0) is 57.5 Å². The van der Waals surface area contributed by atoms with Crippen molar-refractivity contribution >= 4 is 5.91 Å². The van der Waals surface area contributed by atoms with Crippen LogP contribution in [0.1, 0.15) is 38.3 Å². The van der Waals surface area contributed by atoms with E-state index in [1.54, 1.807) is 0 Å². The van der Waals surface area contributed by atoms with Crippen molar-refractivity contribution in [3.8, 4) is 5.75 Å². The predicted octanol–water partition coefficient (Wildman–Crippen LogP) is 2.26. The van der Waals surface area contributed by atoms with Gasteiger partial charge in [0.15, 0.2) is 0 Å². The van der Waals surface area contributed by atoms with Crippen molar-refractivity contribution in [1.82, 2.24) is 10.6 Å². The lowest BCUT2D eigenvalue weighted by Crippen LogP contribution is -2.39. The molecule has 1 saturated heterocycles. The van der Waals surface area contributed by atoms with Crippen LogP contribution in [0.2, 0.25) is 0 Å². The van der Waals surface area contributed by atoms with Crippen molar-refractivity contribution < 1.29 is 9.53 Å². The lowest BCUT2D eigenvalue weighted by Gasteiger charge is -2.24. The summed E-state index contributed by atoms with van der Waals surface area (Å²) in [6, 6.07) is 7.94. The van der Waals surface area contributed by atoms with Crippen LogP contribution >= 0.6 is 0 Å². The van der Waals surface area contributed by atoms with Crippen molar-refractivity contribution in [2.45, 2.75) is 32.7 Å². The molecule has 4 heteroatoms. The third-order valence-electron chi connectivity index (χ3n) is 3.74. The summed E-state index contributed by atoms with van der Waals surface area (Å²) in [5.41, 5.74) is 1.08. The molecule has 0 saturated carbocycles. The summed E-state index contributed by atoms with van der Waals surface area (Å²) >= 11 is 0. The smallest absolute Gasteiger partial charge is 0.223 e. The first-order chi connectivity index (χ1) is 9.70. The van der Waals surface area contributed by atoms with Gasteiger partial charge in [0.2, 0.25) is 5.91 Å². The highest BCUT2D eigenvalue weighted by molar-refractivity contribution is 5.79. The standard InChI is InChI=1S/C16H24N2O2/c1-3-20-15-6-4-5-14(11-15)12(2)18-16(19)13-7-9-17-10-8-13/h4-6,11-13,17H,3,7-10H2,1-2H3,(H,18,19). The fraction of sp³-hybridized carbons (Fsp3) is 0.562. The second-order valence-electron chi connectivity index (χ2n) is 5.26. The maximum absolute atomic E-state index is 12.2. The average Bonchev–Trinajstić information content (AvgIpc) is 2.48. The van der Waals surface area contributed by atoms with E-state index in [4.69, 9.17) is 4.74 Å². The van der Waals surface area contributed by atoms with Gasteiger partial charge in [-0.15, -0.1) is 0 Å². The van der Waals surface area contributed by atoms with Gasteiger partial charge in [0, 0.05) is 5.92 Å². The van der Waals surface area contributed by atoms with Gasteiger partial charge in [0.25, 0.3) is 0 Å². The van der Waals surface area contributed by atoms with Crippen molar-refractivity contribution in [2.24, 2.45) is 5.92 Å². The second-order valence-corrected chi connectivity index (χ2v) is 5.26. The van der Waals surface area contributed by atoms with Gasteiger partial charge < -0.3 is 15.4 Å². The molecule has 0 radical (unpaired) electrons. The minimum atomic E-state index is 0.0118. The SMILES string of the molecule is CCOc1cccc(C(C)NC(=O)C2CCNCC2)c1. The van der Waals surface area contributed by atoms with Crippen molar-refractivity contribution in [1.29, 1.82) is 0 Å². The number of rotatable bonds is 5. The first-order valence-electron chi connectivity index (χ1n) is 7.44. The molecule has 2 N–H and O–H groups in total. The lowest BCUT2D eigenvalue weighted by atomic mass is 9.96. The van der Waals surface area contributed by atoms with Gasteiger partial charge in [-0.25, -0.2) is 0 Å². The van der Waals surface area contributed by atoms with E-state index in [9.17, 15) is 4.79 Å². The Morgan fingerprint density at radius 2 is 2.20 bits per heavy atom. The van der Waals surface area contributed by atoms with Crippen molar-refractivity contribution in [2.75, 3.05) is 19.7 Å². The van der Waals surface area contributed by atoms with Crippen LogP contribution in [0.3, 0.4) is 0 Å². The molecule has 0 bridgehead atoms. The summed E-state index contributed by atoms with van der Waals surface area (Å²) < 4.78 is 5.50. The van der Waals surface area contributed by atoms with E-state index < -0.39 is 0 Å². The number of nitrogens with one attached hydrogen (secondary N) is 2. The Bertz CT molecular complexity index is 442. The Balaban J connectivity index is 1.94. The van der Waals surface area contributed by atoms with E-state index in [1.807, 2.05) is 38.1 Å². The van der Waals surface area contributed by atoms with Gasteiger partial charge in [0.05, 0.1) is 12.6 Å². The Hall–Kier alpha value is -1.55. The number of carbonyl (C=O) groups excluding carboxylic acids is 1. The van der Waals surface area contributed by atoms with Crippen LogP contribution < -0.4 is 15.4 Å². The van der Waals surface area contributed by atoms with E-state index in [1.165, 1.54) is 0 Å². The third kappa shape index (κ3) is 3.97. The number of ether oxygens (including phenoxy) is 1. The molecule has 0 aromatic heterocycles.